The Balaban J connectivity index is 1.14. The second kappa shape index (κ2) is 8.41. The first-order chi connectivity index (χ1) is 14.9. The first kappa shape index (κ1) is 21.3. The molecule has 4 aliphatic rings. The summed E-state index contributed by atoms with van der Waals surface area (Å²) in [5, 5.41) is 2.83. The number of hydrogen-bond donors (Lipinski definition) is 1. The van der Waals surface area contributed by atoms with E-state index in [0.29, 0.717) is 19.8 Å². The molecule has 1 spiro atoms. The van der Waals surface area contributed by atoms with Crippen LogP contribution in [0.1, 0.15) is 48.8 Å². The van der Waals surface area contributed by atoms with Crippen LogP contribution < -0.4 is 5.32 Å². The summed E-state index contributed by atoms with van der Waals surface area (Å²) in [6.45, 7) is 4.20. The second-order valence-electron chi connectivity index (χ2n) is 9.89. The van der Waals surface area contributed by atoms with Crippen molar-refractivity contribution in [3.05, 3.63) is 34.9 Å². The van der Waals surface area contributed by atoms with Crippen LogP contribution in [0, 0.1) is 5.92 Å². The average Bonchev–Trinajstić information content (AvgIpc) is 3.29. The van der Waals surface area contributed by atoms with E-state index in [2.05, 4.69) is 28.4 Å². The highest BCUT2D eigenvalue weighted by molar-refractivity contribution is 5.79. The van der Waals surface area contributed by atoms with Crippen LogP contribution in [0.25, 0.3) is 0 Å². The summed E-state index contributed by atoms with van der Waals surface area (Å²) in [5.74, 6) is -3.50. The summed E-state index contributed by atoms with van der Waals surface area (Å²) in [5.41, 5.74) is 3.98. The van der Waals surface area contributed by atoms with Gasteiger partial charge >= 0.3 is 0 Å². The minimum Gasteiger partial charge on any atom is -0.377 e. The summed E-state index contributed by atoms with van der Waals surface area (Å²) in [7, 11) is 0. The number of nitrogens with zero attached hydrogens (tertiary/aromatic N) is 1. The van der Waals surface area contributed by atoms with Crippen molar-refractivity contribution in [1.29, 1.82) is 0 Å². The van der Waals surface area contributed by atoms with Gasteiger partial charge in [0.2, 0.25) is 11.8 Å². The van der Waals surface area contributed by atoms with Gasteiger partial charge in [-0.25, -0.2) is 8.78 Å². The van der Waals surface area contributed by atoms with Gasteiger partial charge in [-0.15, -0.1) is 0 Å². The van der Waals surface area contributed by atoms with Crippen LogP contribution in [0.4, 0.5) is 8.78 Å². The molecule has 0 unspecified atom stereocenters. The number of rotatable bonds is 5. The lowest BCUT2D eigenvalue weighted by molar-refractivity contribution is -0.151. The molecule has 0 aromatic heterocycles. The molecule has 1 saturated carbocycles. The third kappa shape index (κ3) is 4.78. The Labute approximate surface area is 182 Å². The normalized spacial score (nSPS) is 30.7. The summed E-state index contributed by atoms with van der Waals surface area (Å²) < 4.78 is 38.3. The van der Waals surface area contributed by atoms with Crippen molar-refractivity contribution in [2.24, 2.45) is 5.92 Å². The maximum Gasteiger partial charge on any atom is 0.249 e. The largest absolute Gasteiger partial charge is 0.377 e. The summed E-state index contributed by atoms with van der Waals surface area (Å²) in [6.07, 6.45) is 4.62. The van der Waals surface area contributed by atoms with Gasteiger partial charge in [0, 0.05) is 44.9 Å². The maximum absolute atomic E-state index is 13.0. The van der Waals surface area contributed by atoms with E-state index >= 15 is 0 Å². The van der Waals surface area contributed by atoms with Crippen molar-refractivity contribution < 1.29 is 23.0 Å². The minimum atomic E-state index is -2.67. The molecule has 2 saturated heterocycles. The Kier molecular flexibility index (Phi) is 5.78. The Bertz CT molecular complexity index is 825. The molecule has 2 aliphatic carbocycles. The molecule has 5 rings (SSSR count). The van der Waals surface area contributed by atoms with Crippen LogP contribution in [0.2, 0.25) is 0 Å². The van der Waals surface area contributed by atoms with E-state index in [0.717, 1.165) is 32.5 Å². The van der Waals surface area contributed by atoms with Crippen molar-refractivity contribution in [2.75, 3.05) is 32.8 Å². The molecule has 170 valence electrons. The van der Waals surface area contributed by atoms with Gasteiger partial charge in [-0.3, -0.25) is 9.69 Å². The van der Waals surface area contributed by atoms with Gasteiger partial charge in [-0.1, -0.05) is 18.2 Å². The lowest BCUT2D eigenvalue weighted by atomic mass is 9.81. The monoisotopic (exact) mass is 434 g/mol. The number of aryl methyl sites for hydroxylation is 2. The van der Waals surface area contributed by atoms with Crippen molar-refractivity contribution in [3.63, 3.8) is 0 Å². The van der Waals surface area contributed by atoms with Crippen molar-refractivity contribution in [3.8, 4) is 0 Å². The molecule has 1 aromatic carbocycles. The number of benzene rings is 1. The van der Waals surface area contributed by atoms with E-state index in [-0.39, 0.29) is 30.5 Å². The Morgan fingerprint density at radius 1 is 1.23 bits per heavy atom. The van der Waals surface area contributed by atoms with E-state index in [9.17, 15) is 13.6 Å². The van der Waals surface area contributed by atoms with Gasteiger partial charge < -0.3 is 14.8 Å². The van der Waals surface area contributed by atoms with Crippen LogP contribution >= 0.6 is 0 Å². The molecule has 3 fully saturated rings. The SMILES string of the molecule is O=C(NC[C@@H]1CC[C@]2(COCCN(Cc3ccc4c(c3)CCC4)C2)O1)C1CC(F)(F)C1. The Morgan fingerprint density at radius 2 is 2.06 bits per heavy atom. The van der Waals surface area contributed by atoms with E-state index < -0.39 is 11.8 Å². The number of amides is 1. The molecule has 1 aromatic rings. The molecule has 2 aliphatic heterocycles. The zero-order valence-electron chi connectivity index (χ0n) is 18.0. The number of nitrogens with one attached hydrogen (secondary N) is 1. The zero-order chi connectivity index (χ0) is 21.5. The van der Waals surface area contributed by atoms with Crippen LogP contribution in [0.5, 0.6) is 0 Å². The van der Waals surface area contributed by atoms with Crippen LogP contribution in [-0.4, -0.2) is 61.3 Å². The Morgan fingerprint density at radius 3 is 2.90 bits per heavy atom. The highest BCUT2D eigenvalue weighted by atomic mass is 19.3. The van der Waals surface area contributed by atoms with E-state index in [4.69, 9.17) is 9.47 Å². The van der Waals surface area contributed by atoms with E-state index in [1.165, 1.54) is 36.0 Å². The molecule has 31 heavy (non-hydrogen) atoms. The predicted molar refractivity (Wildman–Crippen MR) is 112 cm³/mol. The quantitative estimate of drug-likeness (QED) is 0.774. The highest BCUT2D eigenvalue weighted by Crippen LogP contribution is 2.42. The topological polar surface area (TPSA) is 50.8 Å². The van der Waals surface area contributed by atoms with Gasteiger partial charge in [0.1, 0.15) is 5.60 Å². The number of carbonyl (C=O) groups excluding carboxylic acids is 1. The lowest BCUT2D eigenvalue weighted by Gasteiger charge is -2.34. The molecular formula is C24H32F2N2O3. The summed E-state index contributed by atoms with van der Waals surface area (Å²) >= 11 is 0. The van der Waals surface area contributed by atoms with Gasteiger partial charge in [-0.2, -0.15) is 0 Å². The Hall–Kier alpha value is -1.57. The molecule has 1 N–H and O–H groups in total. The molecular weight excluding hydrogens is 402 g/mol. The molecule has 2 atom stereocenters. The van der Waals surface area contributed by atoms with Crippen LogP contribution in [-0.2, 0) is 33.7 Å². The number of ether oxygens (including phenoxy) is 2. The molecule has 0 bridgehead atoms. The number of halogens is 2. The fourth-order valence-corrected chi connectivity index (χ4v) is 5.57. The molecule has 0 radical (unpaired) electrons. The summed E-state index contributed by atoms with van der Waals surface area (Å²) in [4.78, 5) is 14.5. The van der Waals surface area contributed by atoms with Crippen LogP contribution in [0.3, 0.4) is 0 Å². The van der Waals surface area contributed by atoms with Crippen molar-refractivity contribution >= 4 is 5.91 Å². The fourth-order valence-electron chi connectivity index (χ4n) is 5.57. The number of carbonyl (C=O) groups is 1. The second-order valence-corrected chi connectivity index (χ2v) is 9.89. The highest BCUT2D eigenvalue weighted by Gasteiger charge is 2.49. The molecule has 1 amide bonds. The smallest absolute Gasteiger partial charge is 0.249 e. The zero-order valence-corrected chi connectivity index (χ0v) is 18.0. The minimum absolute atomic E-state index is 0.0897. The maximum atomic E-state index is 13.0. The van der Waals surface area contributed by atoms with Gasteiger partial charge in [0.25, 0.3) is 0 Å². The average molecular weight is 435 g/mol. The third-order valence-electron chi connectivity index (χ3n) is 7.30. The number of alkyl halides is 2. The first-order valence-corrected chi connectivity index (χ1v) is 11.6. The lowest BCUT2D eigenvalue weighted by Crippen LogP contribution is -2.47. The van der Waals surface area contributed by atoms with Crippen molar-refractivity contribution in [2.45, 2.75) is 69.1 Å². The first-order valence-electron chi connectivity index (χ1n) is 11.6. The fraction of sp³-hybridized carbons (Fsp3) is 0.708. The van der Waals surface area contributed by atoms with E-state index in [1.807, 2.05) is 0 Å². The van der Waals surface area contributed by atoms with Gasteiger partial charge in [0.15, 0.2) is 0 Å². The number of fused-ring (bicyclic) bond motifs is 1. The molecule has 7 heteroatoms. The third-order valence-corrected chi connectivity index (χ3v) is 7.30. The van der Waals surface area contributed by atoms with Crippen molar-refractivity contribution in [1.82, 2.24) is 10.2 Å². The van der Waals surface area contributed by atoms with Gasteiger partial charge in [0.05, 0.1) is 19.3 Å². The predicted octanol–water partition coefficient (Wildman–Crippen LogP) is 3.09. The molecule has 5 nitrogen and oxygen atoms in total. The van der Waals surface area contributed by atoms with Gasteiger partial charge in [-0.05, 0) is 48.8 Å². The standard InChI is InChI=1S/C24H32F2N2O3/c25-24(26)11-20(12-24)22(29)27-13-21-6-7-23(31-21)15-28(8-9-30-16-23)14-17-4-5-18-2-1-3-19(18)10-17/h4-5,10,20-21H,1-3,6-9,11-16H2,(H,27,29)/t21-,23-/m0/s1. The number of hydrogen-bond acceptors (Lipinski definition) is 4. The van der Waals surface area contributed by atoms with Crippen LogP contribution in [0.15, 0.2) is 18.2 Å². The molecule has 2 heterocycles. The van der Waals surface area contributed by atoms with E-state index in [1.54, 1.807) is 0 Å². The summed E-state index contributed by atoms with van der Waals surface area (Å²) in [6, 6.07) is 6.89.